The van der Waals surface area contributed by atoms with Crippen molar-refractivity contribution < 1.29 is 4.39 Å². The topological polar surface area (TPSA) is 82.9 Å². The summed E-state index contributed by atoms with van der Waals surface area (Å²) in [5.74, 6) is 0.290. The summed E-state index contributed by atoms with van der Waals surface area (Å²) < 4.78 is 15.2. The smallest absolute Gasteiger partial charge is 0.253 e. The van der Waals surface area contributed by atoms with E-state index in [9.17, 15) is 9.18 Å². The molecule has 1 fully saturated rings. The maximum Gasteiger partial charge on any atom is 0.253 e. The normalized spacial score (nSPS) is 15.2. The van der Waals surface area contributed by atoms with Gasteiger partial charge in [-0.05, 0) is 64.2 Å². The molecule has 0 saturated carbocycles. The zero-order valence-electron chi connectivity index (χ0n) is 21.1. The Balaban J connectivity index is 1.39. The predicted octanol–water partition coefficient (Wildman–Crippen LogP) is 3.92. The summed E-state index contributed by atoms with van der Waals surface area (Å²) in [7, 11) is 0. The van der Waals surface area contributed by atoms with Gasteiger partial charge in [-0.3, -0.25) is 9.69 Å². The molecule has 9 heteroatoms. The van der Waals surface area contributed by atoms with Gasteiger partial charge in [-0.1, -0.05) is 48.5 Å². The lowest BCUT2D eigenvalue weighted by Gasteiger charge is -2.39. The van der Waals surface area contributed by atoms with Crippen molar-refractivity contribution in [3.05, 3.63) is 118 Å². The number of hydrogen-bond acceptors (Lipinski definition) is 6. The number of piperazine rings is 1. The molecule has 1 N–H and O–H groups in total. The third kappa shape index (κ3) is 4.68. The average Bonchev–Trinajstić information content (AvgIpc) is 3.39. The summed E-state index contributed by atoms with van der Waals surface area (Å²) in [5.41, 5.74) is 4.35. The van der Waals surface area contributed by atoms with Crippen LogP contribution in [0.15, 0.2) is 83.7 Å². The van der Waals surface area contributed by atoms with Gasteiger partial charge in [0.05, 0.1) is 12.1 Å². The number of hydrogen-bond donors (Lipinski definition) is 1. The highest BCUT2D eigenvalue weighted by Crippen LogP contribution is 2.29. The van der Waals surface area contributed by atoms with Gasteiger partial charge in [0.15, 0.2) is 5.82 Å². The molecule has 1 atom stereocenters. The fourth-order valence-corrected chi connectivity index (χ4v) is 5.26. The number of aromatic nitrogens is 5. The van der Waals surface area contributed by atoms with E-state index in [4.69, 9.17) is 0 Å². The molecule has 0 amide bonds. The van der Waals surface area contributed by atoms with E-state index < -0.39 is 6.04 Å². The molecule has 3 aromatic carbocycles. The first kappa shape index (κ1) is 24.0. The molecule has 1 saturated heterocycles. The van der Waals surface area contributed by atoms with Gasteiger partial charge in [0, 0.05) is 37.4 Å². The van der Waals surface area contributed by atoms with Crippen LogP contribution in [0.5, 0.6) is 0 Å². The molecule has 3 heterocycles. The van der Waals surface area contributed by atoms with Crippen molar-refractivity contribution in [1.82, 2.24) is 30.1 Å². The van der Waals surface area contributed by atoms with Crippen LogP contribution in [0.1, 0.15) is 28.6 Å². The van der Waals surface area contributed by atoms with E-state index in [-0.39, 0.29) is 11.4 Å². The van der Waals surface area contributed by atoms with Crippen molar-refractivity contribution in [2.24, 2.45) is 0 Å². The first-order valence-corrected chi connectivity index (χ1v) is 12.7. The van der Waals surface area contributed by atoms with Gasteiger partial charge in [-0.25, -0.2) is 9.07 Å². The third-order valence-corrected chi connectivity index (χ3v) is 7.26. The number of H-pyrrole nitrogens is 1. The quantitative estimate of drug-likeness (QED) is 0.374. The molecule has 8 nitrogen and oxygen atoms in total. The minimum atomic E-state index is -0.447. The monoisotopic (exact) mass is 509 g/mol. The molecule has 0 spiro atoms. The van der Waals surface area contributed by atoms with Crippen LogP contribution in [0.4, 0.5) is 10.1 Å². The lowest BCUT2D eigenvalue weighted by molar-refractivity contribution is 0.200. The first-order valence-electron chi connectivity index (χ1n) is 12.7. The zero-order chi connectivity index (χ0) is 26.1. The van der Waals surface area contributed by atoms with E-state index in [2.05, 4.69) is 42.4 Å². The van der Waals surface area contributed by atoms with Crippen molar-refractivity contribution in [1.29, 1.82) is 0 Å². The summed E-state index contributed by atoms with van der Waals surface area (Å²) in [5, 5.41) is 13.6. The van der Waals surface area contributed by atoms with Crippen LogP contribution in [-0.4, -0.2) is 56.3 Å². The van der Waals surface area contributed by atoms with Crippen molar-refractivity contribution in [3.63, 3.8) is 0 Å². The van der Waals surface area contributed by atoms with Crippen LogP contribution in [0.25, 0.3) is 10.9 Å². The maximum atomic E-state index is 13.5. The van der Waals surface area contributed by atoms with E-state index in [1.54, 1.807) is 16.8 Å². The number of aryl methyl sites for hydroxylation is 1. The molecule has 1 aliphatic heterocycles. The molecule has 6 rings (SSSR count). The van der Waals surface area contributed by atoms with Crippen LogP contribution < -0.4 is 10.5 Å². The molecule has 0 aliphatic carbocycles. The highest BCUT2D eigenvalue weighted by atomic mass is 19.1. The van der Waals surface area contributed by atoms with Gasteiger partial charge < -0.3 is 9.88 Å². The highest BCUT2D eigenvalue weighted by molar-refractivity contribution is 5.82. The second kappa shape index (κ2) is 10.2. The van der Waals surface area contributed by atoms with Crippen LogP contribution >= 0.6 is 0 Å². The van der Waals surface area contributed by atoms with Crippen LogP contribution in [0.2, 0.25) is 0 Å². The molecule has 192 valence electrons. The third-order valence-electron chi connectivity index (χ3n) is 7.26. The van der Waals surface area contributed by atoms with E-state index in [0.717, 1.165) is 48.2 Å². The Bertz CT molecular complexity index is 1610. The van der Waals surface area contributed by atoms with Crippen molar-refractivity contribution in [2.75, 3.05) is 31.1 Å². The van der Waals surface area contributed by atoms with E-state index in [1.165, 1.54) is 17.8 Å². The predicted molar refractivity (Wildman–Crippen MR) is 145 cm³/mol. The number of halogens is 1. The molecule has 1 aliphatic rings. The maximum absolute atomic E-state index is 13.5. The molecule has 38 heavy (non-hydrogen) atoms. The van der Waals surface area contributed by atoms with E-state index in [1.807, 2.05) is 49.4 Å². The fraction of sp³-hybridized carbons (Fsp3) is 0.241. The lowest BCUT2D eigenvalue weighted by Crippen LogP contribution is -2.49. The Labute approximate surface area is 219 Å². The lowest BCUT2D eigenvalue weighted by atomic mass is 10.0. The largest absolute Gasteiger partial charge is 0.369 e. The molecule has 5 aromatic rings. The SMILES string of the molecule is Cc1cccc2cc([C@H](c3nnnn3Cc3ccc(F)cc3)N3CCN(c4ccccc4)CC3)c(=O)[nH]c12. The van der Waals surface area contributed by atoms with Crippen molar-refractivity contribution >= 4 is 16.6 Å². The van der Waals surface area contributed by atoms with Crippen LogP contribution in [0.3, 0.4) is 0 Å². The van der Waals surface area contributed by atoms with E-state index in [0.29, 0.717) is 17.9 Å². The number of fused-ring (bicyclic) bond motifs is 1. The number of tetrazole rings is 1. The number of para-hydroxylation sites is 2. The zero-order valence-corrected chi connectivity index (χ0v) is 21.1. The second-order valence-electron chi connectivity index (χ2n) is 9.68. The second-order valence-corrected chi connectivity index (χ2v) is 9.68. The van der Waals surface area contributed by atoms with Crippen LogP contribution in [0, 0.1) is 12.7 Å². The van der Waals surface area contributed by atoms with Gasteiger partial charge in [0.25, 0.3) is 5.56 Å². The number of benzene rings is 3. The Morgan fingerprint density at radius 2 is 1.71 bits per heavy atom. The molecule has 0 radical (unpaired) electrons. The van der Waals surface area contributed by atoms with Crippen molar-refractivity contribution in [3.8, 4) is 0 Å². The van der Waals surface area contributed by atoms with Gasteiger partial charge in [0.2, 0.25) is 0 Å². The molecule has 2 aromatic heterocycles. The van der Waals surface area contributed by atoms with Gasteiger partial charge in [-0.2, -0.15) is 0 Å². The molecular formula is C29H28FN7O. The molecular weight excluding hydrogens is 481 g/mol. The van der Waals surface area contributed by atoms with Gasteiger partial charge >= 0.3 is 0 Å². The van der Waals surface area contributed by atoms with E-state index >= 15 is 0 Å². The summed E-state index contributed by atoms with van der Waals surface area (Å²) in [4.78, 5) is 21.3. The highest BCUT2D eigenvalue weighted by Gasteiger charge is 2.33. The summed E-state index contributed by atoms with van der Waals surface area (Å²) >= 11 is 0. The summed E-state index contributed by atoms with van der Waals surface area (Å²) in [6.07, 6.45) is 0. The van der Waals surface area contributed by atoms with Gasteiger partial charge in [0.1, 0.15) is 11.9 Å². The Morgan fingerprint density at radius 1 is 0.947 bits per heavy atom. The number of anilines is 1. The summed E-state index contributed by atoms with van der Waals surface area (Å²) in [6.45, 7) is 5.44. The number of nitrogens with one attached hydrogen (secondary N) is 1. The summed E-state index contributed by atoms with van der Waals surface area (Å²) in [6, 6.07) is 24.1. The first-order chi connectivity index (χ1) is 18.6. The Morgan fingerprint density at radius 3 is 2.47 bits per heavy atom. The van der Waals surface area contributed by atoms with Crippen LogP contribution in [-0.2, 0) is 6.54 Å². The number of aromatic amines is 1. The Hall–Kier alpha value is -4.37. The van der Waals surface area contributed by atoms with Gasteiger partial charge in [-0.15, -0.1) is 5.10 Å². The fourth-order valence-electron chi connectivity index (χ4n) is 5.26. The minimum absolute atomic E-state index is 0.154. The molecule has 0 bridgehead atoms. The standard InChI is InChI=1S/C29H28FN7O/c1-20-6-5-7-22-18-25(29(38)31-26(20)22)27(36-16-14-35(15-17-36)24-8-3-2-4-9-24)28-32-33-34-37(28)19-21-10-12-23(30)13-11-21/h2-13,18,27H,14-17,19H2,1H3,(H,31,38)/t27-/m1/s1. The Kier molecular flexibility index (Phi) is 6.43. The number of rotatable bonds is 6. The number of nitrogens with zero attached hydrogens (tertiary/aromatic N) is 6. The minimum Gasteiger partial charge on any atom is -0.369 e. The van der Waals surface area contributed by atoms with Crippen molar-refractivity contribution in [2.45, 2.75) is 19.5 Å². The molecule has 0 unspecified atom stereocenters. The number of pyridine rings is 1. The average molecular weight is 510 g/mol.